The first kappa shape index (κ1) is 13.3. The molecule has 0 amide bonds. The van der Waals surface area contributed by atoms with Crippen molar-refractivity contribution in [3.05, 3.63) is 18.0 Å². The molecule has 1 aliphatic heterocycles. The highest BCUT2D eigenvalue weighted by Crippen LogP contribution is 2.24. The van der Waals surface area contributed by atoms with Crippen LogP contribution in [0.3, 0.4) is 0 Å². The Morgan fingerprint density at radius 2 is 2.41 bits per heavy atom. The minimum absolute atomic E-state index is 0.293. The molecular formula is C10H15ClN2O2S2. The van der Waals surface area contributed by atoms with Crippen molar-refractivity contribution in [2.24, 2.45) is 0 Å². The molecule has 17 heavy (non-hydrogen) atoms. The number of H-pyrrole nitrogens is 1. The monoisotopic (exact) mass is 294 g/mol. The standard InChI is InChI=1S/C10H15ClN2O2S2/c1-8-7-13(2-3-16-8)17(14,15)10-4-9(5-11)12-6-10/h4,6,8,12H,2-3,5,7H2,1H3. The predicted octanol–water partition coefficient (Wildman–Crippen LogP) is 1.88. The van der Waals surface area contributed by atoms with Crippen LogP contribution in [-0.4, -0.2) is 41.8 Å². The second-order valence-corrected chi connectivity index (χ2v) is 7.79. The fraction of sp³-hybridized carbons (Fsp3) is 0.600. The Bertz CT molecular complexity index is 486. The highest BCUT2D eigenvalue weighted by molar-refractivity contribution is 8.00. The topological polar surface area (TPSA) is 53.2 Å². The van der Waals surface area contributed by atoms with Crippen molar-refractivity contribution in [2.45, 2.75) is 22.9 Å². The van der Waals surface area contributed by atoms with Gasteiger partial charge in [0.05, 0.1) is 10.8 Å². The van der Waals surface area contributed by atoms with E-state index >= 15 is 0 Å². The van der Waals surface area contributed by atoms with Gasteiger partial charge in [-0.05, 0) is 6.07 Å². The minimum Gasteiger partial charge on any atom is -0.363 e. The van der Waals surface area contributed by atoms with Crippen LogP contribution < -0.4 is 0 Å². The predicted molar refractivity (Wildman–Crippen MR) is 71.0 cm³/mol. The van der Waals surface area contributed by atoms with Crippen LogP contribution in [0.4, 0.5) is 0 Å². The van der Waals surface area contributed by atoms with Crippen LogP contribution in [0.2, 0.25) is 0 Å². The van der Waals surface area contributed by atoms with E-state index in [9.17, 15) is 8.42 Å². The smallest absolute Gasteiger partial charge is 0.244 e. The molecule has 96 valence electrons. The number of thioether (sulfide) groups is 1. The quantitative estimate of drug-likeness (QED) is 0.866. The Balaban J connectivity index is 2.23. The lowest BCUT2D eigenvalue weighted by Crippen LogP contribution is -2.40. The van der Waals surface area contributed by atoms with Crippen LogP contribution in [0, 0.1) is 0 Å². The molecule has 0 bridgehead atoms. The van der Waals surface area contributed by atoms with E-state index in [1.54, 1.807) is 10.4 Å². The van der Waals surface area contributed by atoms with Gasteiger partial charge in [-0.25, -0.2) is 8.42 Å². The molecule has 1 aromatic rings. The van der Waals surface area contributed by atoms with E-state index in [0.29, 0.717) is 29.1 Å². The summed E-state index contributed by atoms with van der Waals surface area (Å²) < 4.78 is 26.2. The number of rotatable bonds is 3. The summed E-state index contributed by atoms with van der Waals surface area (Å²) in [6.45, 7) is 3.21. The molecule has 1 N–H and O–H groups in total. The van der Waals surface area contributed by atoms with E-state index in [1.807, 2.05) is 18.7 Å². The number of sulfonamides is 1. The summed E-state index contributed by atoms with van der Waals surface area (Å²) in [5, 5.41) is 0.352. The van der Waals surface area contributed by atoms with E-state index in [4.69, 9.17) is 11.6 Å². The molecule has 0 spiro atoms. The fourth-order valence-electron chi connectivity index (χ4n) is 1.80. The molecule has 0 saturated carbocycles. The van der Waals surface area contributed by atoms with Gasteiger partial charge in [-0.2, -0.15) is 16.1 Å². The Hall–Kier alpha value is -0.170. The average molecular weight is 295 g/mol. The Kier molecular flexibility index (Phi) is 4.07. The highest BCUT2D eigenvalue weighted by atomic mass is 35.5. The maximum absolute atomic E-state index is 12.3. The number of halogens is 1. The second-order valence-electron chi connectivity index (χ2n) is 4.04. The van der Waals surface area contributed by atoms with E-state index < -0.39 is 10.0 Å². The van der Waals surface area contributed by atoms with Crippen molar-refractivity contribution < 1.29 is 8.42 Å². The van der Waals surface area contributed by atoms with Gasteiger partial charge in [0, 0.05) is 36.0 Å². The molecule has 1 aliphatic rings. The largest absolute Gasteiger partial charge is 0.363 e. The molecular weight excluding hydrogens is 280 g/mol. The van der Waals surface area contributed by atoms with Crippen LogP contribution in [0.15, 0.2) is 17.2 Å². The normalized spacial score (nSPS) is 22.8. The third-order valence-corrected chi connectivity index (χ3v) is 5.97. The summed E-state index contributed by atoms with van der Waals surface area (Å²) in [4.78, 5) is 3.18. The minimum atomic E-state index is -3.35. The molecule has 1 fully saturated rings. The maximum atomic E-state index is 12.3. The SMILES string of the molecule is CC1CN(S(=O)(=O)c2c[nH]c(CCl)c2)CCS1. The van der Waals surface area contributed by atoms with Crippen molar-refractivity contribution in [1.82, 2.24) is 9.29 Å². The van der Waals surface area contributed by atoms with E-state index in [-0.39, 0.29) is 0 Å². The summed E-state index contributed by atoms with van der Waals surface area (Å²) in [6.07, 6.45) is 1.51. The molecule has 7 heteroatoms. The average Bonchev–Trinajstić information content (AvgIpc) is 2.78. The summed E-state index contributed by atoms with van der Waals surface area (Å²) in [6, 6.07) is 1.61. The van der Waals surface area contributed by atoms with Crippen molar-refractivity contribution in [1.29, 1.82) is 0 Å². The third-order valence-electron chi connectivity index (χ3n) is 2.70. The van der Waals surface area contributed by atoms with Crippen LogP contribution in [0.1, 0.15) is 12.6 Å². The second kappa shape index (κ2) is 5.22. The van der Waals surface area contributed by atoms with Gasteiger partial charge in [0.2, 0.25) is 10.0 Å². The molecule has 0 aromatic carbocycles. The first-order valence-corrected chi connectivity index (χ1v) is 8.41. The molecule has 0 radical (unpaired) electrons. The van der Waals surface area contributed by atoms with Gasteiger partial charge in [-0.1, -0.05) is 6.92 Å². The lowest BCUT2D eigenvalue weighted by Gasteiger charge is -2.29. The number of hydrogen-bond donors (Lipinski definition) is 1. The van der Waals surface area contributed by atoms with Crippen molar-refractivity contribution in [3.63, 3.8) is 0 Å². The molecule has 1 atom stereocenters. The first-order valence-electron chi connectivity index (χ1n) is 5.39. The Morgan fingerprint density at radius 1 is 1.65 bits per heavy atom. The van der Waals surface area contributed by atoms with Crippen LogP contribution in [0.5, 0.6) is 0 Å². The van der Waals surface area contributed by atoms with Gasteiger partial charge in [0.25, 0.3) is 0 Å². The van der Waals surface area contributed by atoms with Crippen molar-refractivity contribution in [3.8, 4) is 0 Å². The molecule has 1 aromatic heterocycles. The lowest BCUT2D eigenvalue weighted by atomic mass is 10.4. The molecule has 1 saturated heterocycles. The van der Waals surface area contributed by atoms with Gasteiger partial charge in [0.1, 0.15) is 0 Å². The van der Waals surface area contributed by atoms with Crippen molar-refractivity contribution in [2.75, 3.05) is 18.8 Å². The maximum Gasteiger partial charge on any atom is 0.244 e. The zero-order valence-electron chi connectivity index (χ0n) is 9.52. The third kappa shape index (κ3) is 2.81. The lowest BCUT2D eigenvalue weighted by molar-refractivity contribution is 0.424. The number of hydrogen-bond acceptors (Lipinski definition) is 3. The summed E-state index contributed by atoms with van der Waals surface area (Å²) >= 11 is 7.46. The summed E-state index contributed by atoms with van der Waals surface area (Å²) in [5.41, 5.74) is 0.727. The first-order chi connectivity index (χ1) is 8.04. The number of aromatic nitrogens is 1. The highest BCUT2D eigenvalue weighted by Gasteiger charge is 2.29. The summed E-state index contributed by atoms with van der Waals surface area (Å²) in [7, 11) is -3.35. The molecule has 2 heterocycles. The van der Waals surface area contributed by atoms with E-state index in [0.717, 1.165) is 11.4 Å². The molecule has 4 nitrogen and oxygen atoms in total. The number of aromatic amines is 1. The van der Waals surface area contributed by atoms with Crippen LogP contribution >= 0.6 is 23.4 Å². The van der Waals surface area contributed by atoms with Gasteiger partial charge < -0.3 is 4.98 Å². The Morgan fingerprint density at radius 3 is 3.00 bits per heavy atom. The number of nitrogens with one attached hydrogen (secondary N) is 1. The molecule has 0 aliphatic carbocycles. The number of nitrogens with zero attached hydrogens (tertiary/aromatic N) is 1. The van der Waals surface area contributed by atoms with Gasteiger partial charge in [0.15, 0.2) is 0 Å². The summed E-state index contributed by atoms with van der Waals surface area (Å²) in [5.74, 6) is 1.15. The van der Waals surface area contributed by atoms with Gasteiger partial charge in [-0.15, -0.1) is 11.6 Å². The van der Waals surface area contributed by atoms with Crippen molar-refractivity contribution >= 4 is 33.4 Å². The van der Waals surface area contributed by atoms with E-state index in [2.05, 4.69) is 4.98 Å². The molecule has 1 unspecified atom stereocenters. The molecule has 2 rings (SSSR count). The number of alkyl halides is 1. The fourth-order valence-corrected chi connectivity index (χ4v) is 4.73. The van der Waals surface area contributed by atoms with Crippen LogP contribution in [-0.2, 0) is 15.9 Å². The Labute approximate surface area is 111 Å². The zero-order chi connectivity index (χ0) is 12.5. The zero-order valence-corrected chi connectivity index (χ0v) is 11.9. The van der Waals surface area contributed by atoms with Gasteiger partial charge >= 0.3 is 0 Å². The van der Waals surface area contributed by atoms with Gasteiger partial charge in [-0.3, -0.25) is 0 Å². The van der Waals surface area contributed by atoms with Crippen LogP contribution in [0.25, 0.3) is 0 Å². The van der Waals surface area contributed by atoms with E-state index in [1.165, 1.54) is 6.20 Å².